The Morgan fingerprint density at radius 3 is 1.33 bits per heavy atom. The molecule has 1 aliphatic rings. The molecule has 0 aromatic carbocycles. The molecule has 0 N–H and O–H groups in total. The third-order valence-electron chi connectivity index (χ3n) is 2.90. The quantitative estimate of drug-likeness (QED) is 0.644. The average molecular weight is 383 g/mol. The van der Waals surface area contributed by atoms with Crippen LogP contribution in [0.2, 0.25) is 0 Å². The first-order valence-electron chi connectivity index (χ1n) is 4.32. The van der Waals surface area contributed by atoms with E-state index in [1.165, 1.54) is 20.8 Å². The normalized spacial score (nSPS) is 17.8. The predicted octanol–water partition coefficient (Wildman–Crippen LogP) is 2.39. The zero-order chi connectivity index (χ0) is 12.8. The molecule has 0 amide bonds. The number of hydrogen-bond donors (Lipinski definition) is 0. The van der Waals surface area contributed by atoms with Crippen LogP contribution < -0.4 is 0 Å². The maximum Gasteiger partial charge on any atom is 0.281 e. The molecule has 1 aliphatic carbocycles. The summed E-state index contributed by atoms with van der Waals surface area (Å²) in [6.45, 7) is 20.3. The van der Waals surface area contributed by atoms with Crippen LogP contribution in [0.25, 0.3) is 0 Å². The van der Waals surface area contributed by atoms with Crippen molar-refractivity contribution in [3.05, 3.63) is 20.8 Å². The Morgan fingerprint density at radius 2 is 1.27 bits per heavy atom. The van der Waals surface area contributed by atoms with E-state index >= 15 is 0 Å². The Balaban J connectivity index is 0. The van der Waals surface area contributed by atoms with Crippen LogP contribution in [0.3, 0.4) is 0 Å². The molecule has 84 valence electrons. The van der Waals surface area contributed by atoms with Crippen molar-refractivity contribution in [2.24, 2.45) is 5.41 Å². The standard InChI is InChI=1S/C10H15.2CO.Ir/c1-7-6-10(4,5)9(3)8(7)2;2*1-2;/h1-5H3;;;. The summed E-state index contributed by atoms with van der Waals surface area (Å²) < 4.78 is 1.53. The molecule has 0 bridgehead atoms. The van der Waals surface area contributed by atoms with Crippen molar-refractivity contribution in [3.8, 4) is 0 Å². The Hall–Kier alpha value is -0.531. The zero-order valence-corrected chi connectivity index (χ0v) is 12.0. The minimum absolute atomic E-state index is 0.314. The van der Waals surface area contributed by atoms with E-state index in [4.69, 9.17) is 9.59 Å². The molecule has 0 spiro atoms. The van der Waals surface area contributed by atoms with E-state index in [0.717, 1.165) is 0 Å². The molecule has 0 aromatic rings. The van der Waals surface area contributed by atoms with Gasteiger partial charge in [-0.05, 0) is 0 Å². The van der Waals surface area contributed by atoms with Crippen molar-refractivity contribution < 1.29 is 28.5 Å². The van der Waals surface area contributed by atoms with Gasteiger partial charge in [0, 0.05) is 0 Å². The first-order valence-corrected chi connectivity index (χ1v) is 5.52. The molecular formula is C12H15IrO2. The first kappa shape index (κ1) is 16.9. The van der Waals surface area contributed by atoms with Crippen LogP contribution in [-0.4, -0.2) is 13.6 Å². The van der Waals surface area contributed by atoms with Crippen molar-refractivity contribution in [1.29, 1.82) is 0 Å². The molecule has 0 saturated heterocycles. The van der Waals surface area contributed by atoms with Crippen molar-refractivity contribution in [2.45, 2.75) is 34.6 Å². The minimum Gasteiger partial charge on any atom is -0.281 e. The molecule has 0 aliphatic heterocycles. The summed E-state index contributed by atoms with van der Waals surface area (Å²) in [5, 5.41) is 0. The molecule has 0 heterocycles. The average Bonchev–Trinajstić information content (AvgIpc) is 2.40. The van der Waals surface area contributed by atoms with E-state index in [1.54, 1.807) is 0 Å². The van der Waals surface area contributed by atoms with Gasteiger partial charge in [0.15, 0.2) is 0 Å². The van der Waals surface area contributed by atoms with Gasteiger partial charge in [-0.15, -0.1) is 0 Å². The van der Waals surface area contributed by atoms with Gasteiger partial charge in [-0.2, -0.15) is 0 Å². The third-order valence-corrected chi connectivity index (χ3v) is 5.29. The van der Waals surface area contributed by atoms with E-state index < -0.39 is 0 Å². The summed E-state index contributed by atoms with van der Waals surface area (Å²) in [5.74, 6) is 0. The molecule has 15 heavy (non-hydrogen) atoms. The van der Waals surface area contributed by atoms with Crippen LogP contribution in [0, 0.1) is 5.41 Å². The maximum atomic E-state index is 7.50. The Kier molecular flexibility index (Phi) is 7.72. The fourth-order valence-corrected chi connectivity index (χ4v) is 2.43. The van der Waals surface area contributed by atoms with Gasteiger partial charge in [0.05, 0.1) is 0 Å². The molecule has 0 unspecified atom stereocenters. The van der Waals surface area contributed by atoms with Crippen LogP contribution >= 0.6 is 0 Å². The van der Waals surface area contributed by atoms with Crippen LogP contribution in [0.15, 0.2) is 20.8 Å². The second-order valence-electron chi connectivity index (χ2n) is 3.79. The van der Waals surface area contributed by atoms with Crippen LogP contribution in [0.1, 0.15) is 34.6 Å². The van der Waals surface area contributed by atoms with Crippen molar-refractivity contribution in [1.82, 2.24) is 0 Å². The number of carbonyl (C=O) groups excluding carboxylic acids is 2. The third kappa shape index (κ3) is 3.22. The molecule has 0 aromatic heterocycles. The van der Waals surface area contributed by atoms with Gasteiger partial charge in [-0.25, -0.2) is 0 Å². The fraction of sp³-hybridized carbons (Fsp3) is 0.500. The molecule has 1 rings (SSSR count). The summed E-state index contributed by atoms with van der Waals surface area (Å²) in [5.41, 5.74) is 4.83. The van der Waals surface area contributed by atoms with E-state index in [-0.39, 0.29) is 0 Å². The summed E-state index contributed by atoms with van der Waals surface area (Å²) in [6.07, 6.45) is 0. The smallest absolute Gasteiger partial charge is 0.281 e. The van der Waals surface area contributed by atoms with Gasteiger partial charge in [0.2, 0.25) is 0 Å². The topological polar surface area (TPSA) is 34.1 Å². The SMILES string of the molecule is CC1=C(C)C(C)(C)[C]([Ir])=C1C.[C]=O.[C]=O. The predicted molar refractivity (Wildman–Crippen MR) is 56.2 cm³/mol. The zero-order valence-electron chi connectivity index (χ0n) is 9.65. The van der Waals surface area contributed by atoms with Crippen LogP contribution in [0.4, 0.5) is 0 Å². The van der Waals surface area contributed by atoms with Gasteiger partial charge < -0.3 is 0 Å². The van der Waals surface area contributed by atoms with Crippen molar-refractivity contribution >= 4 is 13.6 Å². The molecule has 3 heteroatoms. The van der Waals surface area contributed by atoms with Crippen molar-refractivity contribution in [3.63, 3.8) is 0 Å². The van der Waals surface area contributed by atoms with Gasteiger partial charge in [0.25, 0.3) is 13.6 Å². The van der Waals surface area contributed by atoms with Gasteiger partial charge in [0.1, 0.15) is 0 Å². The largest absolute Gasteiger partial charge is 0.281 e. The monoisotopic (exact) mass is 384 g/mol. The van der Waals surface area contributed by atoms with E-state index in [1.807, 2.05) is 0 Å². The molecular weight excluding hydrogens is 368 g/mol. The van der Waals surface area contributed by atoms with Crippen molar-refractivity contribution in [2.75, 3.05) is 0 Å². The molecule has 4 radical (unpaired) electrons. The van der Waals surface area contributed by atoms with E-state index in [2.05, 4.69) is 67.1 Å². The van der Waals surface area contributed by atoms with Crippen LogP contribution in [0.5, 0.6) is 0 Å². The van der Waals surface area contributed by atoms with E-state index in [0.29, 0.717) is 5.41 Å². The number of hydrogen-bond acceptors (Lipinski definition) is 2. The number of allylic oxidation sites excluding steroid dienone is 4. The Bertz CT molecular complexity index is 260. The maximum absolute atomic E-state index is 7.50. The second kappa shape index (κ2) is 6.86. The minimum atomic E-state index is 0.314. The molecule has 0 saturated carbocycles. The van der Waals surface area contributed by atoms with Gasteiger partial charge in [-0.1, -0.05) is 0 Å². The molecule has 0 atom stereocenters. The summed E-state index contributed by atoms with van der Waals surface area (Å²) >= 11 is 2.25. The molecule has 0 fully saturated rings. The Morgan fingerprint density at radius 1 is 0.933 bits per heavy atom. The van der Waals surface area contributed by atoms with E-state index in [9.17, 15) is 0 Å². The second-order valence-corrected chi connectivity index (χ2v) is 4.99. The summed E-state index contributed by atoms with van der Waals surface area (Å²) in [6, 6.07) is 0. The van der Waals surface area contributed by atoms with Gasteiger partial charge >= 0.3 is 79.7 Å². The van der Waals surface area contributed by atoms with Crippen LogP contribution in [-0.2, 0) is 28.5 Å². The first-order chi connectivity index (χ1) is 6.89. The fourth-order valence-electron chi connectivity index (χ4n) is 1.53. The summed E-state index contributed by atoms with van der Waals surface area (Å²) in [7, 11) is 0. The number of rotatable bonds is 0. The summed E-state index contributed by atoms with van der Waals surface area (Å²) in [4.78, 5) is 15.0. The molecule has 2 nitrogen and oxygen atoms in total. The Labute approximate surface area is 103 Å². The van der Waals surface area contributed by atoms with Gasteiger partial charge in [-0.3, -0.25) is 9.59 Å².